The fraction of sp³-hybridized carbons (Fsp3) is 0.765. The smallest absolute Gasteiger partial charge is 0.308 e. The Bertz CT molecular complexity index is 701. The molecule has 0 N–H and O–H groups in total. The number of carbonyl (C=O) groups excluding carboxylic acids is 4. The molecule has 10 heteroatoms. The molecule has 2 aliphatic rings. The van der Waals surface area contributed by atoms with E-state index in [4.69, 9.17) is 4.74 Å². The van der Waals surface area contributed by atoms with Crippen LogP contribution in [0.4, 0.5) is 0 Å². The highest BCUT2D eigenvalue weighted by atomic mass is 32.2. The first kappa shape index (κ1) is 21.3. The van der Waals surface area contributed by atoms with Crippen molar-refractivity contribution in [2.24, 2.45) is 5.92 Å². The number of likely N-dealkylation sites (tertiary alicyclic amines) is 1. The summed E-state index contributed by atoms with van der Waals surface area (Å²) in [5.41, 5.74) is 0. The van der Waals surface area contributed by atoms with Crippen LogP contribution >= 0.6 is 0 Å². The molecule has 0 saturated carbocycles. The predicted molar refractivity (Wildman–Crippen MR) is 95.1 cm³/mol. The lowest BCUT2D eigenvalue weighted by molar-refractivity contribution is -0.153. The minimum atomic E-state index is -3.14. The topological polar surface area (TPSA) is 118 Å². The van der Waals surface area contributed by atoms with E-state index in [-0.39, 0.29) is 55.0 Å². The van der Waals surface area contributed by atoms with Crippen LogP contribution in [0.1, 0.15) is 39.5 Å². The summed E-state index contributed by atoms with van der Waals surface area (Å²) in [5.74, 6) is -1.62. The summed E-state index contributed by atoms with van der Waals surface area (Å²) in [5, 5.41) is 0. The molecule has 2 fully saturated rings. The van der Waals surface area contributed by atoms with Gasteiger partial charge in [0.25, 0.3) is 5.91 Å². The maximum atomic E-state index is 12.5. The summed E-state index contributed by atoms with van der Waals surface area (Å²) >= 11 is 0. The largest absolute Gasteiger partial charge is 0.456 e. The van der Waals surface area contributed by atoms with Gasteiger partial charge in [0, 0.05) is 32.0 Å². The number of amides is 3. The molecule has 2 heterocycles. The number of nitrogens with zero attached hydrogens (tertiary/aromatic N) is 2. The summed E-state index contributed by atoms with van der Waals surface area (Å²) in [6.45, 7) is 3.68. The highest BCUT2D eigenvalue weighted by Gasteiger charge is 2.35. The van der Waals surface area contributed by atoms with E-state index in [9.17, 15) is 27.6 Å². The van der Waals surface area contributed by atoms with Gasteiger partial charge in [0.05, 0.1) is 17.9 Å². The van der Waals surface area contributed by atoms with Crippen molar-refractivity contribution < 1.29 is 32.3 Å². The zero-order valence-electron chi connectivity index (χ0n) is 15.7. The minimum absolute atomic E-state index is 0.0528. The zero-order valence-corrected chi connectivity index (χ0v) is 16.5. The Balaban J connectivity index is 1.84. The molecule has 0 aliphatic carbocycles. The van der Waals surface area contributed by atoms with E-state index in [1.54, 1.807) is 0 Å². The average molecular weight is 402 g/mol. The number of imide groups is 1. The molecule has 0 aromatic rings. The molecule has 2 aliphatic heterocycles. The van der Waals surface area contributed by atoms with E-state index < -0.39 is 34.4 Å². The maximum absolute atomic E-state index is 12.5. The first-order valence-corrected chi connectivity index (χ1v) is 10.9. The van der Waals surface area contributed by atoms with Gasteiger partial charge in [-0.15, -0.1) is 0 Å². The second kappa shape index (κ2) is 8.81. The van der Waals surface area contributed by atoms with E-state index >= 15 is 0 Å². The molecule has 2 saturated heterocycles. The Morgan fingerprint density at radius 3 is 2.37 bits per heavy atom. The molecule has 0 radical (unpaired) electrons. The number of sulfone groups is 1. The van der Waals surface area contributed by atoms with E-state index in [2.05, 4.69) is 0 Å². The van der Waals surface area contributed by atoms with Crippen molar-refractivity contribution in [1.29, 1.82) is 0 Å². The van der Waals surface area contributed by atoms with Crippen molar-refractivity contribution in [2.45, 2.75) is 45.6 Å². The Morgan fingerprint density at radius 1 is 1.22 bits per heavy atom. The number of hydrogen-bond acceptors (Lipinski definition) is 7. The predicted octanol–water partition coefficient (Wildman–Crippen LogP) is -0.260. The summed E-state index contributed by atoms with van der Waals surface area (Å²) in [6, 6.07) is -0.400. The van der Waals surface area contributed by atoms with Gasteiger partial charge in [0.2, 0.25) is 11.8 Å². The average Bonchev–Trinajstić information content (AvgIpc) is 3.10. The monoisotopic (exact) mass is 402 g/mol. The second-order valence-corrected chi connectivity index (χ2v) is 9.58. The van der Waals surface area contributed by atoms with E-state index in [0.717, 1.165) is 4.90 Å². The highest BCUT2D eigenvalue weighted by molar-refractivity contribution is 7.91. The lowest BCUT2D eigenvalue weighted by atomic mass is 10.1. The van der Waals surface area contributed by atoms with Gasteiger partial charge in [-0.1, -0.05) is 13.8 Å². The maximum Gasteiger partial charge on any atom is 0.308 e. The number of carbonyl (C=O) groups is 4. The van der Waals surface area contributed by atoms with Crippen LogP contribution in [0, 0.1) is 5.92 Å². The minimum Gasteiger partial charge on any atom is -0.456 e. The van der Waals surface area contributed by atoms with Crippen LogP contribution in [0.3, 0.4) is 0 Å². The van der Waals surface area contributed by atoms with Gasteiger partial charge in [-0.3, -0.25) is 24.1 Å². The van der Waals surface area contributed by atoms with Crippen molar-refractivity contribution in [3.05, 3.63) is 0 Å². The van der Waals surface area contributed by atoms with Crippen LogP contribution in [-0.4, -0.2) is 79.2 Å². The van der Waals surface area contributed by atoms with Crippen LogP contribution in [0.15, 0.2) is 0 Å². The van der Waals surface area contributed by atoms with Crippen molar-refractivity contribution in [1.82, 2.24) is 9.80 Å². The molecule has 0 bridgehead atoms. The van der Waals surface area contributed by atoms with E-state index in [1.807, 2.05) is 13.8 Å². The molecular weight excluding hydrogens is 376 g/mol. The molecule has 1 atom stereocenters. The van der Waals surface area contributed by atoms with Crippen molar-refractivity contribution >= 4 is 33.5 Å². The molecule has 152 valence electrons. The van der Waals surface area contributed by atoms with Crippen LogP contribution < -0.4 is 0 Å². The first-order chi connectivity index (χ1) is 12.6. The Labute approximate surface area is 158 Å². The SMILES string of the molecule is CC(C)CN(C(=O)COC(=O)CCN1C(=O)CCC1=O)C1CCS(=O)(=O)C1. The normalized spacial score (nSPS) is 21.7. The number of rotatable bonds is 8. The van der Waals surface area contributed by atoms with Crippen molar-refractivity contribution in [3.63, 3.8) is 0 Å². The summed E-state index contributed by atoms with van der Waals surface area (Å²) in [4.78, 5) is 49.8. The summed E-state index contributed by atoms with van der Waals surface area (Å²) in [6.07, 6.45) is 0.516. The third kappa shape index (κ3) is 6.02. The van der Waals surface area contributed by atoms with Gasteiger partial charge < -0.3 is 9.64 Å². The molecule has 3 amide bonds. The summed E-state index contributed by atoms with van der Waals surface area (Å²) < 4.78 is 28.4. The van der Waals surface area contributed by atoms with Crippen LogP contribution in [0.5, 0.6) is 0 Å². The fourth-order valence-corrected chi connectivity index (χ4v) is 4.97. The lowest BCUT2D eigenvalue weighted by Crippen LogP contribution is -2.45. The molecule has 27 heavy (non-hydrogen) atoms. The van der Waals surface area contributed by atoms with Crippen LogP contribution in [0.2, 0.25) is 0 Å². The van der Waals surface area contributed by atoms with Crippen LogP contribution in [0.25, 0.3) is 0 Å². The molecule has 1 unspecified atom stereocenters. The van der Waals surface area contributed by atoms with Gasteiger partial charge in [-0.2, -0.15) is 0 Å². The quantitative estimate of drug-likeness (QED) is 0.405. The van der Waals surface area contributed by atoms with Gasteiger partial charge in [0.15, 0.2) is 16.4 Å². The van der Waals surface area contributed by atoms with E-state index in [1.165, 1.54) is 4.90 Å². The molecule has 0 aromatic heterocycles. The third-order valence-corrected chi connectivity index (χ3v) is 6.33. The highest BCUT2D eigenvalue weighted by Crippen LogP contribution is 2.19. The number of hydrogen-bond donors (Lipinski definition) is 0. The Hall–Kier alpha value is -1.97. The lowest BCUT2D eigenvalue weighted by Gasteiger charge is -2.29. The summed E-state index contributed by atoms with van der Waals surface area (Å²) in [7, 11) is -3.14. The second-order valence-electron chi connectivity index (χ2n) is 7.35. The zero-order chi connectivity index (χ0) is 20.2. The van der Waals surface area contributed by atoms with Crippen molar-refractivity contribution in [3.8, 4) is 0 Å². The molecule has 0 spiro atoms. The van der Waals surface area contributed by atoms with Crippen molar-refractivity contribution in [2.75, 3.05) is 31.2 Å². The standard InChI is InChI=1S/C17H26N2O7S/c1-12(2)9-19(13-6-8-27(24,25)11-13)16(22)10-26-17(23)5-7-18-14(20)3-4-15(18)21/h12-13H,3-11H2,1-2H3. The Kier molecular flexibility index (Phi) is 6.96. The molecule has 0 aromatic carbocycles. The number of ether oxygens (including phenoxy) is 1. The van der Waals surface area contributed by atoms with E-state index in [0.29, 0.717) is 13.0 Å². The van der Waals surface area contributed by atoms with Gasteiger partial charge >= 0.3 is 5.97 Å². The van der Waals surface area contributed by atoms with Gasteiger partial charge in [-0.25, -0.2) is 8.42 Å². The molecule has 9 nitrogen and oxygen atoms in total. The Morgan fingerprint density at radius 2 is 1.85 bits per heavy atom. The molecular formula is C17H26N2O7S. The van der Waals surface area contributed by atoms with Gasteiger partial charge in [0.1, 0.15) is 0 Å². The first-order valence-electron chi connectivity index (χ1n) is 9.08. The van der Waals surface area contributed by atoms with Gasteiger partial charge in [-0.05, 0) is 12.3 Å². The van der Waals surface area contributed by atoms with Crippen LogP contribution in [-0.2, 0) is 33.8 Å². The fourth-order valence-electron chi connectivity index (χ4n) is 3.24. The third-order valence-electron chi connectivity index (χ3n) is 4.58. The number of esters is 1. The molecule has 2 rings (SSSR count).